The van der Waals surface area contributed by atoms with Gasteiger partial charge in [0.15, 0.2) is 0 Å². The first-order valence-electron chi connectivity index (χ1n) is 10.3. The van der Waals surface area contributed by atoms with Crippen molar-refractivity contribution in [2.75, 3.05) is 26.2 Å². The smallest absolute Gasteiger partial charge is 0.256 e. The SMILES string of the molecule is Cc1cc(F)cc2c(=O)[nH]c(CCC(=O)N3CCN(C(=O)C4CCC4)CC3)cc12. The number of nitrogens with zero attached hydrogens (tertiary/aromatic N) is 2. The molecule has 1 aromatic carbocycles. The zero-order valence-corrected chi connectivity index (χ0v) is 16.7. The second-order valence-corrected chi connectivity index (χ2v) is 8.14. The van der Waals surface area contributed by atoms with E-state index in [0.717, 1.165) is 19.3 Å². The standard InChI is InChI=1S/C22H26FN3O3/c1-14-11-16(23)12-19-18(14)13-17(24-21(19)28)5-6-20(27)25-7-9-26(10-8-25)22(29)15-3-2-4-15/h11-13,15H,2-10H2,1H3,(H,24,28). The number of rotatable bonds is 4. The summed E-state index contributed by atoms with van der Waals surface area (Å²) in [6, 6.07) is 4.47. The van der Waals surface area contributed by atoms with Crippen molar-refractivity contribution >= 4 is 22.6 Å². The molecule has 1 aliphatic carbocycles. The van der Waals surface area contributed by atoms with Crippen LogP contribution in [0.3, 0.4) is 0 Å². The van der Waals surface area contributed by atoms with Crippen molar-refractivity contribution in [3.8, 4) is 0 Å². The molecule has 0 radical (unpaired) electrons. The van der Waals surface area contributed by atoms with Gasteiger partial charge < -0.3 is 14.8 Å². The molecule has 2 aliphatic rings. The second-order valence-electron chi connectivity index (χ2n) is 8.14. The topological polar surface area (TPSA) is 73.5 Å². The van der Waals surface area contributed by atoms with Crippen LogP contribution in [0.1, 0.15) is 36.9 Å². The van der Waals surface area contributed by atoms with Gasteiger partial charge in [0.05, 0.1) is 5.39 Å². The van der Waals surface area contributed by atoms with Crippen molar-refractivity contribution in [2.24, 2.45) is 5.92 Å². The van der Waals surface area contributed by atoms with Crippen molar-refractivity contribution in [3.63, 3.8) is 0 Å². The van der Waals surface area contributed by atoms with E-state index in [1.807, 2.05) is 11.0 Å². The quantitative estimate of drug-likeness (QED) is 0.858. The fraction of sp³-hybridized carbons (Fsp3) is 0.500. The highest BCUT2D eigenvalue weighted by Crippen LogP contribution is 2.28. The van der Waals surface area contributed by atoms with Gasteiger partial charge in [0.1, 0.15) is 5.82 Å². The zero-order valence-electron chi connectivity index (χ0n) is 16.7. The highest BCUT2D eigenvalue weighted by Gasteiger charge is 2.31. The molecule has 2 amide bonds. The number of fused-ring (bicyclic) bond motifs is 1. The Morgan fingerprint density at radius 3 is 2.41 bits per heavy atom. The summed E-state index contributed by atoms with van der Waals surface area (Å²) < 4.78 is 13.6. The lowest BCUT2D eigenvalue weighted by atomic mass is 9.84. The van der Waals surface area contributed by atoms with E-state index in [2.05, 4.69) is 4.98 Å². The maximum absolute atomic E-state index is 13.6. The number of hydrogen-bond donors (Lipinski definition) is 1. The Kier molecular flexibility index (Phi) is 5.39. The first-order valence-corrected chi connectivity index (χ1v) is 10.3. The molecule has 1 saturated carbocycles. The Labute approximate surface area is 168 Å². The van der Waals surface area contributed by atoms with Crippen LogP contribution in [0.4, 0.5) is 4.39 Å². The number of aromatic amines is 1. The van der Waals surface area contributed by atoms with Gasteiger partial charge in [-0.1, -0.05) is 6.42 Å². The third-order valence-electron chi connectivity index (χ3n) is 6.20. The molecule has 1 N–H and O–H groups in total. The first-order chi connectivity index (χ1) is 13.9. The number of benzene rings is 1. The molecular weight excluding hydrogens is 373 g/mol. The fourth-order valence-corrected chi connectivity index (χ4v) is 4.18. The Hall–Kier alpha value is -2.70. The van der Waals surface area contributed by atoms with Crippen LogP contribution < -0.4 is 5.56 Å². The third kappa shape index (κ3) is 4.04. The molecule has 1 saturated heterocycles. The van der Waals surface area contributed by atoms with Crippen molar-refractivity contribution in [2.45, 2.75) is 39.0 Å². The van der Waals surface area contributed by atoms with E-state index in [-0.39, 0.29) is 29.7 Å². The minimum absolute atomic E-state index is 0.0255. The predicted octanol–water partition coefficient (Wildman–Crippen LogP) is 2.38. The molecule has 7 heteroatoms. The molecule has 154 valence electrons. The molecule has 0 unspecified atom stereocenters. The number of aromatic nitrogens is 1. The van der Waals surface area contributed by atoms with Crippen LogP contribution in [0.2, 0.25) is 0 Å². The Bertz CT molecular complexity index is 1000. The van der Waals surface area contributed by atoms with E-state index in [1.54, 1.807) is 11.8 Å². The first kappa shape index (κ1) is 19.6. The van der Waals surface area contributed by atoms with Crippen LogP contribution >= 0.6 is 0 Å². The lowest BCUT2D eigenvalue weighted by molar-refractivity contribution is -0.144. The van der Waals surface area contributed by atoms with Gasteiger partial charge in [-0.05, 0) is 55.3 Å². The monoisotopic (exact) mass is 399 g/mol. The van der Waals surface area contributed by atoms with Gasteiger partial charge in [0, 0.05) is 44.2 Å². The van der Waals surface area contributed by atoms with Gasteiger partial charge in [0.25, 0.3) is 5.56 Å². The lowest BCUT2D eigenvalue weighted by Crippen LogP contribution is -2.52. The van der Waals surface area contributed by atoms with E-state index in [4.69, 9.17) is 0 Å². The molecule has 1 aromatic heterocycles. The van der Waals surface area contributed by atoms with Crippen LogP contribution in [0.25, 0.3) is 10.8 Å². The highest BCUT2D eigenvalue weighted by molar-refractivity contribution is 5.85. The van der Waals surface area contributed by atoms with E-state index >= 15 is 0 Å². The number of halogens is 1. The summed E-state index contributed by atoms with van der Waals surface area (Å²) in [5, 5.41) is 1.03. The minimum atomic E-state index is -0.432. The minimum Gasteiger partial charge on any atom is -0.339 e. The summed E-state index contributed by atoms with van der Waals surface area (Å²) in [5.41, 5.74) is 1.03. The number of H-pyrrole nitrogens is 1. The molecule has 6 nitrogen and oxygen atoms in total. The summed E-state index contributed by atoms with van der Waals surface area (Å²) in [4.78, 5) is 43.6. The Balaban J connectivity index is 1.35. The van der Waals surface area contributed by atoms with Crippen molar-refractivity contribution in [1.29, 1.82) is 0 Å². The second kappa shape index (κ2) is 7.97. The summed E-state index contributed by atoms with van der Waals surface area (Å²) in [7, 11) is 0. The fourth-order valence-electron chi connectivity index (χ4n) is 4.18. The number of amides is 2. The number of aryl methyl sites for hydroxylation is 2. The molecular formula is C22H26FN3O3. The molecule has 0 spiro atoms. The van der Waals surface area contributed by atoms with Crippen LogP contribution in [0, 0.1) is 18.7 Å². The number of piperazine rings is 1. The molecule has 0 atom stereocenters. The Morgan fingerprint density at radius 1 is 1.07 bits per heavy atom. The number of hydrogen-bond acceptors (Lipinski definition) is 3. The number of pyridine rings is 1. The van der Waals surface area contributed by atoms with E-state index in [0.29, 0.717) is 54.6 Å². The average Bonchev–Trinajstić information content (AvgIpc) is 2.65. The maximum Gasteiger partial charge on any atom is 0.256 e. The van der Waals surface area contributed by atoms with E-state index < -0.39 is 5.82 Å². The molecule has 1 aliphatic heterocycles. The van der Waals surface area contributed by atoms with Crippen LogP contribution in [-0.4, -0.2) is 52.8 Å². The summed E-state index contributed by atoms with van der Waals surface area (Å²) in [6.07, 6.45) is 3.84. The number of carbonyl (C=O) groups is 2. The van der Waals surface area contributed by atoms with E-state index in [1.165, 1.54) is 12.1 Å². The Morgan fingerprint density at radius 2 is 1.76 bits per heavy atom. The molecule has 0 bridgehead atoms. The number of carbonyl (C=O) groups excluding carboxylic acids is 2. The van der Waals surface area contributed by atoms with Crippen molar-refractivity contribution in [1.82, 2.24) is 14.8 Å². The van der Waals surface area contributed by atoms with Crippen molar-refractivity contribution < 1.29 is 14.0 Å². The molecule has 2 fully saturated rings. The molecule has 2 aromatic rings. The number of nitrogens with one attached hydrogen (secondary N) is 1. The van der Waals surface area contributed by atoms with Gasteiger partial charge in [-0.15, -0.1) is 0 Å². The predicted molar refractivity (Wildman–Crippen MR) is 108 cm³/mol. The molecule has 29 heavy (non-hydrogen) atoms. The lowest BCUT2D eigenvalue weighted by Gasteiger charge is -2.38. The average molecular weight is 399 g/mol. The maximum atomic E-state index is 13.6. The van der Waals surface area contributed by atoms with Gasteiger partial charge in [-0.2, -0.15) is 0 Å². The molecule has 4 rings (SSSR count). The van der Waals surface area contributed by atoms with Gasteiger partial charge in [-0.3, -0.25) is 14.4 Å². The van der Waals surface area contributed by atoms with Crippen molar-refractivity contribution in [3.05, 3.63) is 45.6 Å². The van der Waals surface area contributed by atoms with Gasteiger partial charge in [-0.25, -0.2) is 4.39 Å². The van der Waals surface area contributed by atoms with E-state index in [9.17, 15) is 18.8 Å². The highest BCUT2D eigenvalue weighted by atomic mass is 19.1. The van der Waals surface area contributed by atoms with Gasteiger partial charge >= 0.3 is 0 Å². The summed E-state index contributed by atoms with van der Waals surface area (Å²) >= 11 is 0. The summed E-state index contributed by atoms with van der Waals surface area (Å²) in [5.74, 6) is 0.0266. The molecule has 2 heterocycles. The van der Waals surface area contributed by atoms with Crippen LogP contribution in [-0.2, 0) is 16.0 Å². The normalized spacial score (nSPS) is 17.4. The van der Waals surface area contributed by atoms with Crippen LogP contribution in [0.5, 0.6) is 0 Å². The summed E-state index contributed by atoms with van der Waals surface area (Å²) in [6.45, 7) is 4.08. The van der Waals surface area contributed by atoms with Crippen LogP contribution in [0.15, 0.2) is 23.0 Å². The zero-order chi connectivity index (χ0) is 20.5. The largest absolute Gasteiger partial charge is 0.339 e. The third-order valence-corrected chi connectivity index (χ3v) is 6.20. The van der Waals surface area contributed by atoms with Gasteiger partial charge in [0.2, 0.25) is 11.8 Å².